The number of benzene rings is 1. The minimum atomic E-state index is 0.129. The number of rotatable bonds is 3. The van der Waals surface area contributed by atoms with E-state index < -0.39 is 0 Å². The van der Waals surface area contributed by atoms with Crippen LogP contribution in [-0.2, 0) is 0 Å². The van der Waals surface area contributed by atoms with E-state index in [1.165, 1.54) is 43.6 Å². The van der Waals surface area contributed by atoms with Crippen molar-refractivity contribution in [3.63, 3.8) is 0 Å². The number of hydrogen-bond acceptors (Lipinski definition) is 2. The van der Waals surface area contributed by atoms with Gasteiger partial charge in [-0.05, 0) is 42.9 Å². The van der Waals surface area contributed by atoms with Crippen LogP contribution in [0.15, 0.2) is 24.3 Å². The Morgan fingerprint density at radius 2 is 1.78 bits per heavy atom. The second kappa shape index (κ2) is 5.31. The summed E-state index contributed by atoms with van der Waals surface area (Å²) in [7, 11) is 0. The summed E-state index contributed by atoms with van der Waals surface area (Å²) in [5.74, 6) is 0. The van der Waals surface area contributed by atoms with Gasteiger partial charge in [0.2, 0.25) is 0 Å². The number of piperidine rings is 1. The van der Waals surface area contributed by atoms with Gasteiger partial charge in [-0.1, -0.05) is 32.4 Å². The summed E-state index contributed by atoms with van der Waals surface area (Å²) in [4.78, 5) is 2.50. The van der Waals surface area contributed by atoms with Crippen molar-refractivity contribution in [2.75, 3.05) is 18.0 Å². The maximum Gasteiger partial charge on any atom is 0.0366 e. The monoisotopic (exact) mass is 246 g/mol. The molecule has 2 rings (SSSR count). The van der Waals surface area contributed by atoms with E-state index in [1.807, 2.05) is 6.92 Å². The van der Waals surface area contributed by atoms with Crippen molar-refractivity contribution in [3.05, 3.63) is 29.8 Å². The van der Waals surface area contributed by atoms with Gasteiger partial charge in [0, 0.05) is 24.8 Å². The van der Waals surface area contributed by atoms with E-state index in [2.05, 4.69) is 43.0 Å². The normalized spacial score (nSPS) is 20.8. The van der Waals surface area contributed by atoms with Gasteiger partial charge in [-0.2, -0.15) is 0 Å². The summed E-state index contributed by atoms with van der Waals surface area (Å²) in [6.45, 7) is 9.13. The Hall–Kier alpha value is -1.02. The molecule has 0 spiro atoms. The van der Waals surface area contributed by atoms with Gasteiger partial charge in [-0.15, -0.1) is 0 Å². The van der Waals surface area contributed by atoms with E-state index in [9.17, 15) is 0 Å². The van der Waals surface area contributed by atoms with Crippen molar-refractivity contribution in [3.8, 4) is 0 Å². The molecule has 0 radical (unpaired) electrons. The molecule has 1 heterocycles. The van der Waals surface area contributed by atoms with Crippen LogP contribution >= 0.6 is 0 Å². The van der Waals surface area contributed by atoms with E-state index >= 15 is 0 Å². The molecular formula is C16H26N2. The highest BCUT2D eigenvalue weighted by Crippen LogP contribution is 2.35. The molecule has 1 aromatic rings. The van der Waals surface area contributed by atoms with Crippen LogP contribution in [0, 0.1) is 5.41 Å². The number of anilines is 1. The first-order valence-corrected chi connectivity index (χ1v) is 7.14. The maximum atomic E-state index is 5.88. The summed E-state index contributed by atoms with van der Waals surface area (Å²) >= 11 is 0. The Kier molecular flexibility index (Phi) is 3.96. The second-order valence-corrected chi connectivity index (χ2v) is 6.03. The molecule has 1 atom stereocenters. The highest BCUT2D eigenvalue weighted by Gasteiger charge is 2.28. The smallest absolute Gasteiger partial charge is 0.0366 e. The first-order chi connectivity index (χ1) is 8.54. The average Bonchev–Trinajstić information content (AvgIpc) is 2.40. The molecule has 100 valence electrons. The third-order valence-corrected chi connectivity index (χ3v) is 4.61. The van der Waals surface area contributed by atoms with E-state index in [-0.39, 0.29) is 6.04 Å². The molecule has 1 aliphatic heterocycles. The molecule has 2 nitrogen and oxygen atoms in total. The average molecular weight is 246 g/mol. The predicted molar refractivity (Wildman–Crippen MR) is 78.9 cm³/mol. The molecule has 0 bridgehead atoms. The van der Waals surface area contributed by atoms with Crippen molar-refractivity contribution in [2.24, 2.45) is 11.1 Å². The number of nitrogens with zero attached hydrogens (tertiary/aromatic N) is 1. The van der Waals surface area contributed by atoms with E-state index in [0.717, 1.165) is 0 Å². The van der Waals surface area contributed by atoms with Gasteiger partial charge in [0.1, 0.15) is 0 Å². The van der Waals surface area contributed by atoms with Crippen LogP contribution in [0.1, 0.15) is 51.6 Å². The van der Waals surface area contributed by atoms with Crippen LogP contribution in [0.2, 0.25) is 0 Å². The molecule has 0 aliphatic carbocycles. The Morgan fingerprint density at radius 3 is 2.22 bits per heavy atom. The second-order valence-electron chi connectivity index (χ2n) is 6.03. The molecular weight excluding hydrogens is 220 g/mol. The number of hydrogen-bond donors (Lipinski definition) is 1. The van der Waals surface area contributed by atoms with Gasteiger partial charge in [0.05, 0.1) is 0 Å². The van der Waals surface area contributed by atoms with Crippen molar-refractivity contribution in [2.45, 2.75) is 46.1 Å². The molecule has 0 amide bonds. The minimum Gasteiger partial charge on any atom is -0.371 e. The first kappa shape index (κ1) is 13.4. The summed E-state index contributed by atoms with van der Waals surface area (Å²) < 4.78 is 0. The van der Waals surface area contributed by atoms with Crippen molar-refractivity contribution >= 4 is 5.69 Å². The first-order valence-electron chi connectivity index (χ1n) is 7.14. The third kappa shape index (κ3) is 2.86. The molecule has 0 saturated carbocycles. The molecule has 1 aliphatic rings. The third-order valence-electron chi connectivity index (χ3n) is 4.61. The Bertz CT molecular complexity index is 373. The molecule has 1 aromatic carbocycles. The summed E-state index contributed by atoms with van der Waals surface area (Å²) in [6, 6.07) is 8.88. The molecule has 1 unspecified atom stereocenters. The number of nitrogens with two attached hydrogens (primary N) is 1. The zero-order valence-corrected chi connectivity index (χ0v) is 11.9. The minimum absolute atomic E-state index is 0.129. The summed E-state index contributed by atoms with van der Waals surface area (Å²) in [5.41, 5.74) is 9.00. The molecule has 18 heavy (non-hydrogen) atoms. The van der Waals surface area contributed by atoms with Crippen LogP contribution < -0.4 is 10.6 Å². The van der Waals surface area contributed by atoms with E-state index in [1.54, 1.807) is 0 Å². The fourth-order valence-corrected chi connectivity index (χ4v) is 2.65. The van der Waals surface area contributed by atoms with Crippen molar-refractivity contribution in [1.29, 1.82) is 0 Å². The van der Waals surface area contributed by atoms with Gasteiger partial charge >= 0.3 is 0 Å². The fraction of sp³-hybridized carbons (Fsp3) is 0.625. The molecule has 2 N–H and O–H groups in total. The van der Waals surface area contributed by atoms with Crippen molar-refractivity contribution in [1.82, 2.24) is 0 Å². The Labute approximate surface area is 111 Å². The van der Waals surface area contributed by atoms with Crippen LogP contribution in [-0.4, -0.2) is 13.1 Å². The summed E-state index contributed by atoms with van der Waals surface area (Å²) in [6.07, 6.45) is 3.90. The topological polar surface area (TPSA) is 29.3 Å². The highest BCUT2D eigenvalue weighted by atomic mass is 15.1. The van der Waals surface area contributed by atoms with Gasteiger partial charge in [-0.3, -0.25) is 0 Å². The lowest BCUT2D eigenvalue weighted by Gasteiger charge is -2.40. The van der Waals surface area contributed by atoms with E-state index in [4.69, 9.17) is 5.73 Å². The van der Waals surface area contributed by atoms with Crippen LogP contribution in [0.25, 0.3) is 0 Å². The highest BCUT2D eigenvalue weighted by molar-refractivity contribution is 5.48. The Morgan fingerprint density at radius 1 is 1.22 bits per heavy atom. The van der Waals surface area contributed by atoms with E-state index in [0.29, 0.717) is 5.41 Å². The fourth-order valence-electron chi connectivity index (χ4n) is 2.65. The molecule has 0 aromatic heterocycles. The Balaban J connectivity index is 2.01. The molecule has 2 heteroatoms. The standard InChI is InChI=1S/C16H26N2/c1-4-16(3)9-11-18(12-10-16)15-7-5-14(6-8-15)13(2)17/h5-8,13H,4,9-12,17H2,1-3H3. The van der Waals surface area contributed by atoms with Gasteiger partial charge < -0.3 is 10.6 Å². The molecule has 1 fully saturated rings. The van der Waals surface area contributed by atoms with Crippen molar-refractivity contribution < 1.29 is 0 Å². The van der Waals surface area contributed by atoms with Gasteiger partial charge in [0.25, 0.3) is 0 Å². The zero-order valence-electron chi connectivity index (χ0n) is 11.9. The molecule has 1 saturated heterocycles. The lowest BCUT2D eigenvalue weighted by molar-refractivity contribution is 0.238. The van der Waals surface area contributed by atoms with Gasteiger partial charge in [-0.25, -0.2) is 0 Å². The SMILES string of the molecule is CCC1(C)CCN(c2ccc(C(C)N)cc2)CC1. The lowest BCUT2D eigenvalue weighted by atomic mass is 9.78. The van der Waals surface area contributed by atoms with Crippen LogP contribution in [0.5, 0.6) is 0 Å². The van der Waals surface area contributed by atoms with Gasteiger partial charge in [0.15, 0.2) is 0 Å². The lowest BCUT2D eigenvalue weighted by Crippen LogP contribution is -2.38. The largest absolute Gasteiger partial charge is 0.371 e. The van der Waals surface area contributed by atoms with Crippen LogP contribution in [0.3, 0.4) is 0 Å². The zero-order chi connectivity index (χ0) is 13.2. The maximum absolute atomic E-state index is 5.88. The quantitative estimate of drug-likeness (QED) is 0.880. The summed E-state index contributed by atoms with van der Waals surface area (Å²) in [5, 5.41) is 0. The predicted octanol–water partition coefficient (Wildman–Crippen LogP) is 3.72. The van der Waals surface area contributed by atoms with Crippen LogP contribution in [0.4, 0.5) is 5.69 Å².